The zero-order chi connectivity index (χ0) is 13.3. The monoisotopic (exact) mass is 251 g/mol. The molecule has 1 aliphatic rings. The molecule has 2 heterocycles. The standard InChI is InChI=1S/C13H21N3O2/c1-8(11-5-14-6-11)13(17)16(4)7-12-9(2)15-18-10(12)3/h8,11,14H,5-7H2,1-4H3. The Morgan fingerprint density at radius 1 is 1.56 bits per heavy atom. The summed E-state index contributed by atoms with van der Waals surface area (Å²) in [6.45, 7) is 8.27. The van der Waals surface area contributed by atoms with E-state index in [0.29, 0.717) is 12.5 Å². The minimum absolute atomic E-state index is 0.0803. The SMILES string of the molecule is Cc1noc(C)c1CN(C)C(=O)C(C)C1CNC1. The minimum Gasteiger partial charge on any atom is -0.361 e. The van der Waals surface area contributed by atoms with Crippen LogP contribution >= 0.6 is 0 Å². The van der Waals surface area contributed by atoms with Gasteiger partial charge in [0.15, 0.2) is 0 Å². The van der Waals surface area contributed by atoms with E-state index in [9.17, 15) is 4.79 Å². The zero-order valence-corrected chi connectivity index (χ0v) is 11.5. The molecule has 1 saturated heterocycles. The fraction of sp³-hybridized carbons (Fsp3) is 0.692. The summed E-state index contributed by atoms with van der Waals surface area (Å²) in [5, 5.41) is 7.12. The second-order valence-corrected chi connectivity index (χ2v) is 5.20. The molecule has 5 heteroatoms. The molecule has 0 bridgehead atoms. The number of aromatic nitrogens is 1. The van der Waals surface area contributed by atoms with Crippen LogP contribution in [0.25, 0.3) is 0 Å². The number of hydrogen-bond donors (Lipinski definition) is 1. The van der Waals surface area contributed by atoms with Crippen LogP contribution < -0.4 is 5.32 Å². The van der Waals surface area contributed by atoms with Gasteiger partial charge in [-0.1, -0.05) is 12.1 Å². The van der Waals surface area contributed by atoms with Crippen LogP contribution in [-0.4, -0.2) is 36.1 Å². The summed E-state index contributed by atoms with van der Waals surface area (Å²) in [7, 11) is 1.84. The van der Waals surface area contributed by atoms with E-state index in [1.54, 1.807) is 4.90 Å². The third-order valence-electron chi connectivity index (χ3n) is 3.86. The van der Waals surface area contributed by atoms with Crippen LogP contribution in [0.2, 0.25) is 0 Å². The van der Waals surface area contributed by atoms with Gasteiger partial charge in [-0.2, -0.15) is 0 Å². The zero-order valence-electron chi connectivity index (χ0n) is 11.5. The minimum atomic E-state index is 0.0803. The van der Waals surface area contributed by atoms with Gasteiger partial charge in [-0.05, 0) is 32.9 Å². The molecule has 1 aromatic rings. The molecule has 0 radical (unpaired) electrons. The molecule has 0 aliphatic carbocycles. The lowest BCUT2D eigenvalue weighted by Crippen LogP contribution is -2.49. The third-order valence-corrected chi connectivity index (χ3v) is 3.86. The van der Waals surface area contributed by atoms with Gasteiger partial charge in [0.2, 0.25) is 5.91 Å². The van der Waals surface area contributed by atoms with Crippen molar-refractivity contribution >= 4 is 5.91 Å². The fourth-order valence-corrected chi connectivity index (χ4v) is 2.26. The predicted molar refractivity (Wildman–Crippen MR) is 68.0 cm³/mol. The second-order valence-electron chi connectivity index (χ2n) is 5.20. The van der Waals surface area contributed by atoms with Gasteiger partial charge in [0, 0.05) is 18.5 Å². The van der Waals surface area contributed by atoms with Crippen molar-refractivity contribution in [3.05, 3.63) is 17.0 Å². The van der Waals surface area contributed by atoms with Crippen molar-refractivity contribution in [2.45, 2.75) is 27.3 Å². The van der Waals surface area contributed by atoms with Crippen LogP contribution in [0, 0.1) is 25.7 Å². The number of rotatable bonds is 4. The van der Waals surface area contributed by atoms with Gasteiger partial charge in [-0.25, -0.2) is 0 Å². The van der Waals surface area contributed by atoms with Gasteiger partial charge in [-0.3, -0.25) is 4.79 Å². The smallest absolute Gasteiger partial charge is 0.225 e. The van der Waals surface area contributed by atoms with Crippen LogP contribution in [0.3, 0.4) is 0 Å². The molecule has 5 nitrogen and oxygen atoms in total. The Balaban J connectivity index is 1.98. The molecule has 1 unspecified atom stereocenters. The van der Waals surface area contributed by atoms with Crippen LogP contribution in [0.15, 0.2) is 4.52 Å². The van der Waals surface area contributed by atoms with Crippen molar-refractivity contribution in [3.8, 4) is 0 Å². The fourth-order valence-electron chi connectivity index (χ4n) is 2.26. The highest BCUT2D eigenvalue weighted by atomic mass is 16.5. The molecule has 1 aliphatic heterocycles. The van der Waals surface area contributed by atoms with E-state index in [-0.39, 0.29) is 11.8 Å². The molecular weight excluding hydrogens is 230 g/mol. The van der Waals surface area contributed by atoms with Crippen molar-refractivity contribution < 1.29 is 9.32 Å². The molecule has 2 rings (SSSR count). The molecule has 1 aromatic heterocycles. The quantitative estimate of drug-likeness (QED) is 0.870. The Morgan fingerprint density at radius 2 is 2.22 bits per heavy atom. The highest BCUT2D eigenvalue weighted by molar-refractivity contribution is 5.78. The number of nitrogens with one attached hydrogen (secondary N) is 1. The summed E-state index contributed by atoms with van der Waals surface area (Å²) in [6.07, 6.45) is 0. The predicted octanol–water partition coefficient (Wildman–Crippen LogP) is 1.11. The normalized spacial score (nSPS) is 17.3. The van der Waals surface area contributed by atoms with Gasteiger partial charge in [0.25, 0.3) is 0 Å². The first kappa shape index (κ1) is 13.1. The summed E-state index contributed by atoms with van der Waals surface area (Å²) in [5.74, 6) is 1.55. The molecule has 0 spiro atoms. The van der Waals surface area contributed by atoms with E-state index >= 15 is 0 Å². The lowest BCUT2D eigenvalue weighted by atomic mass is 9.88. The maximum absolute atomic E-state index is 12.3. The molecule has 18 heavy (non-hydrogen) atoms. The Kier molecular flexibility index (Phi) is 3.71. The second kappa shape index (κ2) is 5.10. The lowest BCUT2D eigenvalue weighted by Gasteiger charge is -2.33. The summed E-state index contributed by atoms with van der Waals surface area (Å²) in [6, 6.07) is 0. The number of amides is 1. The van der Waals surface area contributed by atoms with Crippen molar-refractivity contribution in [1.82, 2.24) is 15.4 Å². The van der Waals surface area contributed by atoms with Gasteiger partial charge in [-0.15, -0.1) is 0 Å². The number of carbonyl (C=O) groups excluding carboxylic acids is 1. The van der Waals surface area contributed by atoms with Crippen molar-refractivity contribution in [1.29, 1.82) is 0 Å². The molecule has 100 valence electrons. The highest BCUT2D eigenvalue weighted by Crippen LogP contribution is 2.20. The van der Waals surface area contributed by atoms with Crippen LogP contribution in [0.5, 0.6) is 0 Å². The summed E-state index contributed by atoms with van der Waals surface area (Å²) >= 11 is 0. The van der Waals surface area contributed by atoms with Crippen LogP contribution in [0.1, 0.15) is 23.9 Å². The number of hydrogen-bond acceptors (Lipinski definition) is 4. The Labute approximate surface area is 108 Å². The molecule has 0 saturated carbocycles. The Morgan fingerprint density at radius 3 is 2.67 bits per heavy atom. The first-order valence-electron chi connectivity index (χ1n) is 6.38. The number of nitrogens with zero attached hydrogens (tertiary/aromatic N) is 2. The first-order valence-corrected chi connectivity index (χ1v) is 6.38. The van der Waals surface area contributed by atoms with Gasteiger partial charge < -0.3 is 14.7 Å². The number of aryl methyl sites for hydroxylation is 2. The molecule has 1 atom stereocenters. The van der Waals surface area contributed by atoms with Gasteiger partial charge in [0.05, 0.1) is 12.2 Å². The maximum Gasteiger partial charge on any atom is 0.225 e. The van der Waals surface area contributed by atoms with E-state index < -0.39 is 0 Å². The van der Waals surface area contributed by atoms with Gasteiger partial charge >= 0.3 is 0 Å². The maximum atomic E-state index is 12.3. The topological polar surface area (TPSA) is 58.4 Å². The van der Waals surface area contributed by atoms with E-state index in [4.69, 9.17) is 4.52 Å². The van der Waals surface area contributed by atoms with Crippen molar-refractivity contribution in [3.63, 3.8) is 0 Å². The largest absolute Gasteiger partial charge is 0.361 e. The summed E-state index contributed by atoms with van der Waals surface area (Å²) in [5.41, 5.74) is 1.88. The molecule has 0 aromatic carbocycles. The molecular formula is C13H21N3O2. The third kappa shape index (κ3) is 2.41. The number of carbonyl (C=O) groups is 1. The van der Waals surface area contributed by atoms with E-state index in [2.05, 4.69) is 10.5 Å². The summed E-state index contributed by atoms with van der Waals surface area (Å²) < 4.78 is 5.12. The molecule has 1 amide bonds. The summed E-state index contributed by atoms with van der Waals surface area (Å²) in [4.78, 5) is 14.0. The van der Waals surface area contributed by atoms with E-state index in [0.717, 1.165) is 30.1 Å². The lowest BCUT2D eigenvalue weighted by molar-refractivity contribution is -0.136. The van der Waals surface area contributed by atoms with Crippen LogP contribution in [0.4, 0.5) is 0 Å². The van der Waals surface area contributed by atoms with Gasteiger partial charge in [0.1, 0.15) is 5.76 Å². The Hall–Kier alpha value is -1.36. The Bertz CT molecular complexity index is 418. The van der Waals surface area contributed by atoms with E-state index in [1.807, 2.05) is 27.8 Å². The van der Waals surface area contributed by atoms with E-state index in [1.165, 1.54) is 0 Å². The average Bonchev–Trinajstić information content (AvgIpc) is 2.57. The van der Waals surface area contributed by atoms with Crippen molar-refractivity contribution in [2.75, 3.05) is 20.1 Å². The molecule has 1 N–H and O–H groups in total. The first-order chi connectivity index (χ1) is 8.50. The highest BCUT2D eigenvalue weighted by Gasteiger charge is 2.30. The average molecular weight is 251 g/mol. The molecule has 1 fully saturated rings. The van der Waals surface area contributed by atoms with Crippen molar-refractivity contribution in [2.24, 2.45) is 11.8 Å². The van der Waals surface area contributed by atoms with Crippen LogP contribution in [-0.2, 0) is 11.3 Å².